The first-order chi connectivity index (χ1) is 10.8. The average molecular weight is 368 g/mol. The maximum Gasteiger partial charge on any atom is 0.417 e. The first-order valence-electron chi connectivity index (χ1n) is 5.89. The normalized spacial score (nSPS) is 11.6. The summed E-state index contributed by atoms with van der Waals surface area (Å²) in [5.74, 6) is -0.730. The Kier molecular flexibility index (Phi) is 5.12. The number of tetrazole rings is 1. The molecular formula is C11H9ClF3N5O2S. The first kappa shape index (κ1) is 17.5. The van der Waals surface area contributed by atoms with E-state index in [4.69, 9.17) is 11.6 Å². The van der Waals surface area contributed by atoms with Gasteiger partial charge in [0.25, 0.3) is 5.91 Å². The van der Waals surface area contributed by atoms with Gasteiger partial charge in [-0.1, -0.05) is 16.7 Å². The lowest BCUT2D eigenvalue weighted by atomic mass is 10.1. The molecule has 1 N–H and O–H groups in total. The number of amides is 1. The Bertz CT molecular complexity index is 737. The average Bonchev–Trinajstić information content (AvgIpc) is 2.85. The number of carbonyl (C=O) groups is 1. The minimum absolute atomic E-state index is 0.0203. The standard InChI is InChI=1S/C11H9ClF3N5O2S/c1-20-10(17-18-19-20)16-9(21)5-3-4-6(11(13,14)15)8(7(5)12)23-22-2/h3-4H,1-2H3,(H,16,17,19,21). The fourth-order valence-electron chi connectivity index (χ4n) is 1.62. The van der Waals surface area contributed by atoms with E-state index in [1.807, 2.05) is 0 Å². The molecule has 0 aliphatic heterocycles. The van der Waals surface area contributed by atoms with E-state index < -0.39 is 22.5 Å². The molecule has 0 saturated heterocycles. The second-order valence-corrected chi connectivity index (χ2v) is 5.42. The predicted octanol–water partition coefficient (Wildman–Crippen LogP) is 2.79. The van der Waals surface area contributed by atoms with Crippen molar-refractivity contribution in [3.63, 3.8) is 0 Å². The minimum Gasteiger partial charge on any atom is -0.314 e. The van der Waals surface area contributed by atoms with Crippen LogP contribution in [0.5, 0.6) is 0 Å². The maximum absolute atomic E-state index is 13.0. The van der Waals surface area contributed by atoms with E-state index >= 15 is 0 Å². The summed E-state index contributed by atoms with van der Waals surface area (Å²) < 4.78 is 44.8. The van der Waals surface area contributed by atoms with Gasteiger partial charge in [-0.2, -0.15) is 13.2 Å². The summed E-state index contributed by atoms with van der Waals surface area (Å²) in [7, 11) is 2.68. The van der Waals surface area contributed by atoms with E-state index in [-0.39, 0.29) is 16.5 Å². The quantitative estimate of drug-likeness (QED) is 0.837. The van der Waals surface area contributed by atoms with Crippen LogP contribution in [0, 0.1) is 0 Å². The third-order valence-corrected chi connectivity index (χ3v) is 3.92. The largest absolute Gasteiger partial charge is 0.417 e. The van der Waals surface area contributed by atoms with E-state index in [2.05, 4.69) is 25.0 Å². The molecule has 1 aromatic heterocycles. The highest BCUT2D eigenvalue weighted by atomic mass is 35.5. The predicted molar refractivity (Wildman–Crippen MR) is 76.1 cm³/mol. The second-order valence-electron chi connectivity index (χ2n) is 4.13. The van der Waals surface area contributed by atoms with E-state index in [0.717, 1.165) is 12.1 Å². The number of nitrogens with zero attached hydrogens (tertiary/aromatic N) is 4. The molecular weight excluding hydrogens is 359 g/mol. The topological polar surface area (TPSA) is 81.9 Å². The number of benzene rings is 1. The zero-order valence-corrected chi connectivity index (χ0v) is 13.3. The first-order valence-corrected chi connectivity index (χ1v) is 7.01. The number of hydrogen-bond donors (Lipinski definition) is 1. The highest BCUT2D eigenvalue weighted by Gasteiger charge is 2.36. The Morgan fingerprint density at radius 1 is 1.43 bits per heavy atom. The molecule has 124 valence electrons. The third kappa shape index (κ3) is 3.74. The molecule has 0 spiro atoms. The van der Waals surface area contributed by atoms with Crippen molar-refractivity contribution in [1.82, 2.24) is 20.2 Å². The van der Waals surface area contributed by atoms with E-state index in [9.17, 15) is 18.0 Å². The van der Waals surface area contributed by atoms with Gasteiger partial charge < -0.3 is 4.18 Å². The molecule has 0 saturated carbocycles. The van der Waals surface area contributed by atoms with E-state index in [1.54, 1.807) is 0 Å². The molecule has 2 rings (SSSR count). The number of aryl methyl sites for hydroxylation is 1. The molecule has 0 radical (unpaired) electrons. The Hall–Kier alpha value is -1.85. The second kappa shape index (κ2) is 6.72. The van der Waals surface area contributed by atoms with Crippen molar-refractivity contribution in [3.05, 3.63) is 28.3 Å². The van der Waals surface area contributed by atoms with Crippen LogP contribution in [0.3, 0.4) is 0 Å². The minimum atomic E-state index is -4.63. The Balaban J connectivity index is 2.42. The lowest BCUT2D eigenvalue weighted by Crippen LogP contribution is -2.17. The van der Waals surface area contributed by atoms with Crippen molar-refractivity contribution >= 4 is 35.5 Å². The summed E-state index contributed by atoms with van der Waals surface area (Å²) in [5, 5.41) is 12.4. The summed E-state index contributed by atoms with van der Waals surface area (Å²) >= 11 is 6.37. The van der Waals surface area contributed by atoms with Crippen LogP contribution in [0.4, 0.5) is 19.1 Å². The summed E-state index contributed by atoms with van der Waals surface area (Å²) in [4.78, 5) is 11.8. The Morgan fingerprint density at radius 2 is 2.13 bits per heavy atom. The van der Waals surface area contributed by atoms with Gasteiger partial charge in [-0.15, -0.1) is 0 Å². The zero-order chi connectivity index (χ0) is 17.2. The smallest absolute Gasteiger partial charge is 0.314 e. The summed E-state index contributed by atoms with van der Waals surface area (Å²) in [5.41, 5.74) is -1.16. The van der Waals surface area contributed by atoms with Gasteiger partial charge in [0.1, 0.15) is 0 Å². The molecule has 0 aliphatic rings. The zero-order valence-electron chi connectivity index (χ0n) is 11.7. The molecule has 1 heterocycles. The highest BCUT2D eigenvalue weighted by Crippen LogP contribution is 2.42. The van der Waals surface area contributed by atoms with Gasteiger partial charge >= 0.3 is 6.18 Å². The number of hydrogen-bond acceptors (Lipinski definition) is 6. The van der Waals surface area contributed by atoms with Gasteiger partial charge in [-0.25, -0.2) is 4.68 Å². The SMILES string of the molecule is COSc1c(C(F)(F)F)ccc(C(=O)Nc2nnnn2C)c1Cl. The summed E-state index contributed by atoms with van der Waals surface area (Å²) in [6.07, 6.45) is -4.63. The van der Waals surface area contributed by atoms with Crippen LogP contribution in [0.2, 0.25) is 5.02 Å². The molecule has 0 fully saturated rings. The fraction of sp³-hybridized carbons (Fsp3) is 0.273. The molecule has 23 heavy (non-hydrogen) atoms. The lowest BCUT2D eigenvalue weighted by molar-refractivity contribution is -0.139. The number of carbonyl (C=O) groups excluding carboxylic acids is 1. The summed E-state index contributed by atoms with van der Waals surface area (Å²) in [6.45, 7) is 0. The van der Waals surface area contributed by atoms with E-state index in [1.165, 1.54) is 18.8 Å². The lowest BCUT2D eigenvalue weighted by Gasteiger charge is -2.15. The summed E-state index contributed by atoms with van der Waals surface area (Å²) in [6, 6.07) is 1.74. The molecule has 1 aromatic carbocycles. The number of anilines is 1. The molecule has 0 atom stereocenters. The van der Waals surface area contributed by atoms with Crippen LogP contribution in [-0.2, 0) is 17.4 Å². The fourth-order valence-corrected chi connectivity index (χ4v) is 2.59. The van der Waals surface area contributed by atoms with Crippen molar-refractivity contribution in [2.45, 2.75) is 11.1 Å². The van der Waals surface area contributed by atoms with Crippen molar-refractivity contribution in [2.75, 3.05) is 12.4 Å². The number of nitrogens with one attached hydrogen (secondary N) is 1. The molecule has 12 heteroatoms. The highest BCUT2D eigenvalue weighted by molar-refractivity contribution is 7.94. The van der Waals surface area contributed by atoms with Gasteiger partial charge in [-0.05, 0) is 22.6 Å². The number of alkyl halides is 3. The molecule has 0 bridgehead atoms. The maximum atomic E-state index is 13.0. The monoisotopic (exact) mass is 367 g/mol. The van der Waals surface area contributed by atoms with Crippen LogP contribution < -0.4 is 5.32 Å². The van der Waals surface area contributed by atoms with Crippen LogP contribution in [0.1, 0.15) is 15.9 Å². The van der Waals surface area contributed by atoms with Gasteiger partial charge in [0, 0.05) is 19.1 Å². The van der Waals surface area contributed by atoms with Crippen molar-refractivity contribution in [3.8, 4) is 0 Å². The molecule has 2 aromatic rings. The van der Waals surface area contributed by atoms with Gasteiger partial charge in [0.15, 0.2) is 0 Å². The van der Waals surface area contributed by atoms with Crippen molar-refractivity contribution in [1.29, 1.82) is 0 Å². The van der Waals surface area contributed by atoms with Crippen LogP contribution in [0.15, 0.2) is 17.0 Å². The number of rotatable bonds is 4. The molecule has 1 amide bonds. The van der Waals surface area contributed by atoms with Crippen LogP contribution in [0.25, 0.3) is 0 Å². The van der Waals surface area contributed by atoms with Gasteiger partial charge in [0.05, 0.1) is 28.2 Å². The molecule has 0 aliphatic carbocycles. The molecule has 0 unspecified atom stereocenters. The van der Waals surface area contributed by atoms with Crippen LogP contribution >= 0.6 is 23.6 Å². The van der Waals surface area contributed by atoms with Crippen molar-refractivity contribution < 1.29 is 22.1 Å². The van der Waals surface area contributed by atoms with Crippen molar-refractivity contribution in [2.24, 2.45) is 7.05 Å². The van der Waals surface area contributed by atoms with E-state index in [0.29, 0.717) is 12.0 Å². The molecule has 7 nitrogen and oxygen atoms in total. The third-order valence-electron chi connectivity index (χ3n) is 2.66. The Morgan fingerprint density at radius 3 is 2.65 bits per heavy atom. The Labute approximate surface area is 137 Å². The van der Waals surface area contributed by atoms with Gasteiger partial charge in [0.2, 0.25) is 5.95 Å². The number of halogens is 4. The van der Waals surface area contributed by atoms with Crippen LogP contribution in [-0.4, -0.2) is 33.2 Å². The van der Waals surface area contributed by atoms with Gasteiger partial charge in [-0.3, -0.25) is 10.1 Å². The number of aromatic nitrogens is 4.